The lowest BCUT2D eigenvalue weighted by molar-refractivity contribution is 0.355. The van der Waals surface area contributed by atoms with E-state index in [1.165, 1.54) is 86.5 Å². The van der Waals surface area contributed by atoms with Crippen LogP contribution in [0.4, 0.5) is 0 Å². The Hall–Kier alpha value is -8.62. The van der Waals surface area contributed by atoms with Gasteiger partial charge < -0.3 is 18.9 Å². The van der Waals surface area contributed by atoms with E-state index in [0.29, 0.717) is 23.0 Å². The zero-order valence-electron chi connectivity index (χ0n) is 49.3. The third-order valence-corrected chi connectivity index (χ3v) is 17.0. The van der Waals surface area contributed by atoms with Crippen LogP contribution in [0.1, 0.15) is 115 Å². The van der Waals surface area contributed by atoms with Crippen LogP contribution in [-0.4, -0.2) is 47.5 Å². The monoisotopic (exact) mass is 1100 g/mol. The van der Waals surface area contributed by atoms with Crippen molar-refractivity contribution in [2.24, 2.45) is 0 Å². The molecule has 0 radical (unpaired) electrons. The molecule has 0 N–H and O–H groups in total. The molecule has 11 rings (SSSR count). The van der Waals surface area contributed by atoms with Crippen molar-refractivity contribution in [3.8, 4) is 113 Å². The van der Waals surface area contributed by atoms with Crippen LogP contribution in [0.25, 0.3) is 90.3 Å². The predicted molar refractivity (Wildman–Crippen MR) is 342 cm³/mol. The Balaban J connectivity index is 1.16. The van der Waals surface area contributed by atoms with E-state index in [1.807, 2.05) is 12.1 Å². The van der Waals surface area contributed by atoms with Gasteiger partial charge in [0, 0.05) is 50.9 Å². The number of ether oxygens (including phenoxy) is 4. The second-order valence-corrected chi connectivity index (χ2v) is 22.1. The second-order valence-electron chi connectivity index (χ2n) is 22.1. The van der Waals surface area contributed by atoms with Crippen molar-refractivity contribution in [2.75, 3.05) is 28.4 Å². The fraction of sp³-hybridized carbons (Fsp3) is 0.280. The highest BCUT2D eigenvalue weighted by atomic mass is 16.5. The largest absolute Gasteiger partial charge is 0.493 e. The van der Waals surface area contributed by atoms with Gasteiger partial charge in [-0.15, -0.1) is 0 Å². The van der Waals surface area contributed by atoms with Gasteiger partial charge >= 0.3 is 0 Å². The van der Waals surface area contributed by atoms with E-state index in [-0.39, 0.29) is 5.41 Å². The highest BCUT2D eigenvalue weighted by molar-refractivity contribution is 5.90. The van der Waals surface area contributed by atoms with Crippen molar-refractivity contribution in [3.63, 3.8) is 0 Å². The highest BCUT2D eigenvalue weighted by Crippen LogP contribution is 2.57. The summed E-state index contributed by atoms with van der Waals surface area (Å²) < 4.78 is 28.3. The van der Waals surface area contributed by atoms with E-state index in [2.05, 4.69) is 205 Å². The molecular formula is C75H78N4O4. The number of aromatic nitrogens is 4. The summed E-state index contributed by atoms with van der Waals surface area (Å²) >= 11 is 0. The fourth-order valence-corrected chi connectivity index (χ4v) is 12.8. The molecule has 1 aliphatic rings. The molecule has 10 aromatic rings. The number of nitrogens with zero attached hydrogens (tertiary/aromatic N) is 4. The number of methoxy groups -OCH3 is 4. The summed E-state index contributed by atoms with van der Waals surface area (Å²) in [6.45, 7) is 4.61. The Kier molecular flexibility index (Phi) is 17.7. The molecule has 0 bridgehead atoms. The van der Waals surface area contributed by atoms with Crippen molar-refractivity contribution >= 4 is 0 Å². The molecule has 0 saturated heterocycles. The predicted octanol–water partition coefficient (Wildman–Crippen LogP) is 19.9. The standard InChI is InChI=1S/C75H78N4O4/c1-7-9-11-13-15-29-47-75(48-30-16-14-12-10-8-2)63-49-57(73-76-69(53-31-21-17-22-32-53)71(55-35-25-19-26-36-55)78(73)59-41-45-65(80-3)67(51-59)82-5)39-43-61(63)62-44-40-58(50-64(62)75)74-77-70(54-33-23-18-24-34-54)72(56-37-27-20-28-38-56)79(74)60-42-46-66(81-4)68(52-60)83-6/h17-28,31-46,49-52H,7-16,29-30,47-48H2,1-6H3. The molecule has 0 atom stereocenters. The van der Waals surface area contributed by atoms with E-state index in [1.54, 1.807) is 28.4 Å². The second kappa shape index (κ2) is 26.1. The summed E-state index contributed by atoms with van der Waals surface area (Å²) in [5, 5.41) is 0. The molecule has 2 aromatic heterocycles. The Morgan fingerprint density at radius 1 is 0.337 bits per heavy atom. The van der Waals surface area contributed by atoms with E-state index in [9.17, 15) is 0 Å². The minimum Gasteiger partial charge on any atom is -0.493 e. The first-order valence-corrected chi connectivity index (χ1v) is 30.2. The first kappa shape index (κ1) is 56.3. The lowest BCUT2D eigenvalue weighted by Crippen LogP contribution is -2.26. The average Bonchev–Trinajstić information content (AvgIpc) is 1.90. The van der Waals surface area contributed by atoms with Crippen LogP contribution in [0.15, 0.2) is 194 Å². The van der Waals surface area contributed by atoms with Gasteiger partial charge in [0.15, 0.2) is 23.0 Å². The Morgan fingerprint density at radius 3 is 1.05 bits per heavy atom. The summed E-state index contributed by atoms with van der Waals surface area (Å²) in [5.41, 5.74) is 17.1. The van der Waals surface area contributed by atoms with Crippen molar-refractivity contribution in [3.05, 3.63) is 205 Å². The topological polar surface area (TPSA) is 72.6 Å². The zero-order valence-corrected chi connectivity index (χ0v) is 49.3. The average molecular weight is 1100 g/mol. The molecule has 422 valence electrons. The Labute approximate surface area is 491 Å². The third kappa shape index (κ3) is 11.4. The maximum Gasteiger partial charge on any atom is 0.162 e. The lowest BCUT2D eigenvalue weighted by atomic mass is 9.70. The number of benzene rings is 8. The van der Waals surface area contributed by atoms with Crippen molar-refractivity contribution in [1.29, 1.82) is 0 Å². The molecule has 83 heavy (non-hydrogen) atoms. The number of rotatable bonds is 26. The normalized spacial score (nSPS) is 12.3. The van der Waals surface area contributed by atoms with Crippen LogP contribution in [0, 0.1) is 0 Å². The van der Waals surface area contributed by atoms with Gasteiger partial charge in [-0.3, -0.25) is 9.13 Å². The molecule has 0 aliphatic heterocycles. The number of hydrogen-bond acceptors (Lipinski definition) is 6. The molecule has 0 fully saturated rings. The number of hydrogen-bond donors (Lipinski definition) is 0. The SMILES string of the molecule is CCCCCCCCC1(CCCCCCCC)c2cc(-c3nc(-c4ccccc4)c(-c4ccccc4)n3-c3ccc(OC)c(OC)c3)ccc2-c2ccc(-c3nc(-c4ccccc4)c(-c4ccccc4)n3-c3ccc(OC)c(OC)c3)cc21. The number of fused-ring (bicyclic) bond motifs is 3. The quantitative estimate of drug-likeness (QED) is 0.0503. The first-order chi connectivity index (χ1) is 40.9. The number of unbranched alkanes of at least 4 members (excludes halogenated alkanes) is 10. The smallest absolute Gasteiger partial charge is 0.162 e. The summed E-state index contributed by atoms with van der Waals surface area (Å²) in [6.07, 6.45) is 16.7. The first-order valence-electron chi connectivity index (χ1n) is 30.2. The Morgan fingerprint density at radius 2 is 0.687 bits per heavy atom. The van der Waals surface area contributed by atoms with E-state index in [4.69, 9.17) is 28.9 Å². The van der Waals surface area contributed by atoms with Crippen LogP contribution in [0.2, 0.25) is 0 Å². The van der Waals surface area contributed by atoms with Gasteiger partial charge in [0.1, 0.15) is 11.6 Å². The van der Waals surface area contributed by atoms with Crippen molar-refractivity contribution in [2.45, 2.75) is 109 Å². The number of imidazole rings is 2. The molecule has 2 heterocycles. The van der Waals surface area contributed by atoms with Gasteiger partial charge in [-0.05, 0) is 71.5 Å². The van der Waals surface area contributed by atoms with Crippen LogP contribution >= 0.6 is 0 Å². The Bertz CT molecular complexity index is 3520. The molecule has 0 amide bonds. The maximum absolute atomic E-state index is 6.01. The molecule has 8 nitrogen and oxygen atoms in total. The van der Waals surface area contributed by atoms with Crippen LogP contribution in [0.5, 0.6) is 23.0 Å². The van der Waals surface area contributed by atoms with E-state index >= 15 is 0 Å². The molecule has 0 unspecified atom stereocenters. The zero-order chi connectivity index (χ0) is 57.1. The summed E-state index contributed by atoms with van der Waals surface area (Å²) in [7, 11) is 6.78. The van der Waals surface area contributed by atoms with Crippen LogP contribution in [0.3, 0.4) is 0 Å². The van der Waals surface area contributed by atoms with Crippen molar-refractivity contribution < 1.29 is 18.9 Å². The molecule has 0 saturated carbocycles. The minimum absolute atomic E-state index is 0.303. The minimum atomic E-state index is -0.303. The lowest BCUT2D eigenvalue weighted by Gasteiger charge is -2.33. The van der Waals surface area contributed by atoms with Crippen LogP contribution < -0.4 is 18.9 Å². The summed E-state index contributed by atoms with van der Waals surface area (Å²) in [6, 6.07) is 69.5. The van der Waals surface area contributed by atoms with E-state index in [0.717, 1.165) is 105 Å². The van der Waals surface area contributed by atoms with Gasteiger partial charge in [-0.2, -0.15) is 0 Å². The van der Waals surface area contributed by atoms with Crippen LogP contribution in [-0.2, 0) is 5.41 Å². The molecule has 1 aliphatic carbocycles. The van der Waals surface area contributed by atoms with E-state index < -0.39 is 0 Å². The molecule has 8 heteroatoms. The van der Waals surface area contributed by atoms with Gasteiger partial charge in [-0.25, -0.2) is 9.97 Å². The van der Waals surface area contributed by atoms with Gasteiger partial charge in [0.05, 0.1) is 62.6 Å². The van der Waals surface area contributed by atoms with Crippen molar-refractivity contribution in [1.82, 2.24) is 19.1 Å². The fourth-order valence-electron chi connectivity index (χ4n) is 12.8. The third-order valence-electron chi connectivity index (χ3n) is 17.0. The summed E-state index contributed by atoms with van der Waals surface area (Å²) in [4.78, 5) is 11.5. The molecule has 8 aromatic carbocycles. The van der Waals surface area contributed by atoms with Gasteiger partial charge in [-0.1, -0.05) is 236 Å². The van der Waals surface area contributed by atoms with Gasteiger partial charge in [0.2, 0.25) is 0 Å². The molecular weight excluding hydrogens is 1020 g/mol. The summed E-state index contributed by atoms with van der Waals surface area (Å²) in [5.74, 6) is 4.37. The maximum atomic E-state index is 6.01. The highest BCUT2D eigenvalue weighted by Gasteiger charge is 2.43. The van der Waals surface area contributed by atoms with Gasteiger partial charge in [0.25, 0.3) is 0 Å². The molecule has 0 spiro atoms.